The first-order chi connectivity index (χ1) is 11.3. The van der Waals surface area contributed by atoms with Crippen molar-refractivity contribution in [3.05, 3.63) is 66.2 Å². The van der Waals surface area contributed by atoms with Gasteiger partial charge in [-0.3, -0.25) is 4.79 Å². The predicted molar refractivity (Wildman–Crippen MR) is 89.7 cm³/mol. The van der Waals surface area contributed by atoms with Gasteiger partial charge in [-0.2, -0.15) is 0 Å². The summed E-state index contributed by atoms with van der Waals surface area (Å²) in [6.07, 6.45) is 3.44. The van der Waals surface area contributed by atoms with Gasteiger partial charge in [0, 0.05) is 5.56 Å². The topological polar surface area (TPSA) is 44.8 Å². The zero-order valence-electron chi connectivity index (χ0n) is 13.2. The molecule has 4 nitrogen and oxygen atoms in total. The third-order valence-corrected chi connectivity index (χ3v) is 3.23. The molecule has 0 aliphatic rings. The molecule has 2 aromatic rings. The number of aldehydes is 1. The summed E-state index contributed by atoms with van der Waals surface area (Å²) < 4.78 is 16.6. The molecule has 4 heteroatoms. The smallest absolute Gasteiger partial charge is 0.161 e. The van der Waals surface area contributed by atoms with Gasteiger partial charge in [0.15, 0.2) is 11.5 Å². The highest BCUT2D eigenvalue weighted by atomic mass is 16.5. The number of ether oxygens (including phenoxy) is 3. The van der Waals surface area contributed by atoms with Crippen molar-refractivity contribution in [3.8, 4) is 17.2 Å². The van der Waals surface area contributed by atoms with Crippen LogP contribution in [0.1, 0.15) is 15.9 Å². The lowest BCUT2D eigenvalue weighted by Gasteiger charge is -2.12. The number of benzene rings is 2. The third-order valence-electron chi connectivity index (χ3n) is 3.23. The van der Waals surface area contributed by atoms with Crippen LogP contribution in [0.4, 0.5) is 0 Å². The Morgan fingerprint density at radius 3 is 2.39 bits per heavy atom. The fourth-order valence-electron chi connectivity index (χ4n) is 2.08. The van der Waals surface area contributed by atoms with Gasteiger partial charge in [-0.25, -0.2) is 0 Å². The molecule has 23 heavy (non-hydrogen) atoms. The third kappa shape index (κ3) is 4.88. The average molecular weight is 312 g/mol. The van der Waals surface area contributed by atoms with Crippen LogP contribution in [0.25, 0.3) is 0 Å². The number of hydrogen-bond acceptors (Lipinski definition) is 4. The van der Waals surface area contributed by atoms with Gasteiger partial charge in [0.1, 0.15) is 25.2 Å². The maximum atomic E-state index is 10.6. The van der Waals surface area contributed by atoms with Crippen LogP contribution in [0.2, 0.25) is 0 Å². The van der Waals surface area contributed by atoms with Crippen molar-refractivity contribution in [2.75, 3.05) is 20.3 Å². The lowest BCUT2D eigenvalue weighted by molar-refractivity contribution is 0.112. The van der Waals surface area contributed by atoms with E-state index in [0.717, 1.165) is 18.3 Å². The Kier molecular flexibility index (Phi) is 6.24. The number of hydrogen-bond donors (Lipinski definition) is 0. The monoisotopic (exact) mass is 312 g/mol. The van der Waals surface area contributed by atoms with E-state index in [2.05, 4.69) is 6.58 Å². The molecule has 0 heterocycles. The van der Waals surface area contributed by atoms with E-state index in [0.29, 0.717) is 36.0 Å². The molecular weight excluding hydrogens is 292 g/mol. The second-order valence-electron chi connectivity index (χ2n) is 4.86. The van der Waals surface area contributed by atoms with Gasteiger partial charge < -0.3 is 14.2 Å². The Bertz CT molecular complexity index is 647. The summed E-state index contributed by atoms with van der Waals surface area (Å²) in [5.41, 5.74) is 1.74. The van der Waals surface area contributed by atoms with Crippen LogP contribution in [0.15, 0.2) is 55.1 Å². The highest BCUT2D eigenvalue weighted by Gasteiger charge is 2.05. The van der Waals surface area contributed by atoms with E-state index in [1.807, 2.05) is 24.3 Å². The van der Waals surface area contributed by atoms with E-state index in [9.17, 15) is 4.79 Å². The molecule has 0 bridgehead atoms. The number of carbonyl (C=O) groups is 1. The van der Waals surface area contributed by atoms with Crippen molar-refractivity contribution in [1.82, 2.24) is 0 Å². The van der Waals surface area contributed by atoms with Crippen LogP contribution in [-0.2, 0) is 6.42 Å². The molecule has 0 atom stereocenters. The molecule has 0 N–H and O–H groups in total. The number of carbonyl (C=O) groups excluding carboxylic acids is 1. The van der Waals surface area contributed by atoms with Crippen LogP contribution < -0.4 is 14.2 Å². The Labute approximate surface area is 136 Å². The van der Waals surface area contributed by atoms with E-state index < -0.39 is 0 Å². The lowest BCUT2D eigenvalue weighted by Crippen LogP contribution is -2.09. The van der Waals surface area contributed by atoms with Gasteiger partial charge in [-0.05, 0) is 48.4 Å². The van der Waals surface area contributed by atoms with E-state index in [1.165, 1.54) is 0 Å². The van der Waals surface area contributed by atoms with Crippen LogP contribution in [0, 0.1) is 0 Å². The SMILES string of the molecule is C=CCc1ccc(OCCOc2ccc(C=O)cc2)c(OC)c1. The molecule has 0 saturated heterocycles. The molecule has 0 aliphatic heterocycles. The molecule has 120 valence electrons. The Balaban J connectivity index is 1.85. The van der Waals surface area contributed by atoms with Crippen molar-refractivity contribution in [1.29, 1.82) is 0 Å². The molecule has 2 rings (SSSR count). The van der Waals surface area contributed by atoms with E-state index in [-0.39, 0.29) is 0 Å². The molecule has 0 aromatic heterocycles. The number of methoxy groups -OCH3 is 1. The van der Waals surface area contributed by atoms with E-state index >= 15 is 0 Å². The van der Waals surface area contributed by atoms with E-state index in [4.69, 9.17) is 14.2 Å². The first-order valence-electron chi connectivity index (χ1n) is 7.35. The summed E-state index contributed by atoms with van der Waals surface area (Å²) in [5, 5.41) is 0. The van der Waals surface area contributed by atoms with E-state index in [1.54, 1.807) is 31.4 Å². The van der Waals surface area contributed by atoms with Crippen molar-refractivity contribution in [3.63, 3.8) is 0 Å². The minimum atomic E-state index is 0.395. The zero-order chi connectivity index (χ0) is 16.5. The molecule has 0 unspecified atom stereocenters. The second-order valence-corrected chi connectivity index (χ2v) is 4.86. The first kappa shape index (κ1) is 16.6. The van der Waals surface area contributed by atoms with Crippen LogP contribution >= 0.6 is 0 Å². The molecule has 0 aliphatic carbocycles. The van der Waals surface area contributed by atoms with Gasteiger partial charge in [0.2, 0.25) is 0 Å². The van der Waals surface area contributed by atoms with Gasteiger partial charge >= 0.3 is 0 Å². The van der Waals surface area contributed by atoms with Crippen LogP contribution in [-0.4, -0.2) is 26.6 Å². The highest BCUT2D eigenvalue weighted by Crippen LogP contribution is 2.28. The van der Waals surface area contributed by atoms with Crippen molar-refractivity contribution in [2.45, 2.75) is 6.42 Å². The Morgan fingerprint density at radius 2 is 1.74 bits per heavy atom. The van der Waals surface area contributed by atoms with Gasteiger partial charge in [0.05, 0.1) is 7.11 Å². The molecule has 0 saturated carbocycles. The molecule has 2 aromatic carbocycles. The molecule has 0 amide bonds. The quantitative estimate of drug-likeness (QED) is 0.402. The molecular formula is C19H20O4. The van der Waals surface area contributed by atoms with Gasteiger partial charge in [-0.1, -0.05) is 12.1 Å². The summed E-state index contributed by atoms with van der Waals surface area (Å²) in [6.45, 7) is 4.52. The number of allylic oxidation sites excluding steroid dienone is 1. The Hall–Kier alpha value is -2.75. The van der Waals surface area contributed by atoms with Crippen LogP contribution in [0.5, 0.6) is 17.2 Å². The normalized spacial score (nSPS) is 9.96. The lowest BCUT2D eigenvalue weighted by atomic mass is 10.1. The maximum absolute atomic E-state index is 10.6. The van der Waals surface area contributed by atoms with Gasteiger partial charge in [-0.15, -0.1) is 6.58 Å². The fourth-order valence-corrected chi connectivity index (χ4v) is 2.08. The highest BCUT2D eigenvalue weighted by molar-refractivity contribution is 5.74. The largest absolute Gasteiger partial charge is 0.493 e. The van der Waals surface area contributed by atoms with Gasteiger partial charge in [0.25, 0.3) is 0 Å². The minimum Gasteiger partial charge on any atom is -0.493 e. The van der Waals surface area contributed by atoms with Crippen molar-refractivity contribution in [2.24, 2.45) is 0 Å². The average Bonchev–Trinajstić information content (AvgIpc) is 2.60. The summed E-state index contributed by atoms with van der Waals surface area (Å²) in [7, 11) is 1.62. The summed E-state index contributed by atoms with van der Waals surface area (Å²) in [6, 6.07) is 12.8. The standard InChI is InChI=1S/C19H20O4/c1-3-4-15-7-10-18(19(13-15)21-2)23-12-11-22-17-8-5-16(14-20)6-9-17/h3,5-10,13-14H,1,4,11-12H2,2H3. The first-order valence-corrected chi connectivity index (χ1v) is 7.35. The molecule has 0 fully saturated rings. The summed E-state index contributed by atoms with van der Waals surface area (Å²) in [4.78, 5) is 10.6. The van der Waals surface area contributed by atoms with Crippen molar-refractivity contribution < 1.29 is 19.0 Å². The van der Waals surface area contributed by atoms with Crippen LogP contribution in [0.3, 0.4) is 0 Å². The van der Waals surface area contributed by atoms with Crippen molar-refractivity contribution >= 4 is 6.29 Å². The Morgan fingerprint density at radius 1 is 1.00 bits per heavy atom. The summed E-state index contributed by atoms with van der Waals surface area (Å²) >= 11 is 0. The number of rotatable bonds is 9. The zero-order valence-corrected chi connectivity index (χ0v) is 13.2. The molecule has 0 spiro atoms. The maximum Gasteiger partial charge on any atom is 0.161 e. The molecule has 0 radical (unpaired) electrons. The fraction of sp³-hybridized carbons (Fsp3) is 0.211. The summed E-state index contributed by atoms with van der Waals surface area (Å²) in [5.74, 6) is 2.08. The predicted octanol–water partition coefficient (Wildman–Crippen LogP) is 3.69. The minimum absolute atomic E-state index is 0.395. The second kappa shape index (κ2) is 8.63.